The average molecular weight is 232 g/mol. The van der Waals surface area contributed by atoms with Crippen LogP contribution in [0.5, 0.6) is 0 Å². The van der Waals surface area contributed by atoms with Crippen molar-refractivity contribution in [2.75, 3.05) is 6.61 Å². The van der Waals surface area contributed by atoms with Gasteiger partial charge in [-0.15, -0.1) is 0 Å². The zero-order valence-corrected chi connectivity index (χ0v) is 10.4. The third-order valence-corrected chi connectivity index (χ3v) is 2.46. The first kappa shape index (κ1) is 13.5. The maximum absolute atomic E-state index is 11.3. The Bertz CT molecular complexity index is 341. The first-order chi connectivity index (χ1) is 8.33. The van der Waals surface area contributed by atoms with Gasteiger partial charge in [-0.05, 0) is 12.0 Å². The summed E-state index contributed by atoms with van der Waals surface area (Å²) < 4.78 is 5.10. The third-order valence-electron chi connectivity index (χ3n) is 2.46. The van der Waals surface area contributed by atoms with Crippen molar-refractivity contribution in [3.8, 4) is 0 Å². The highest BCUT2D eigenvalue weighted by atomic mass is 16.5. The van der Waals surface area contributed by atoms with Crippen molar-refractivity contribution in [2.45, 2.75) is 32.6 Å². The van der Waals surface area contributed by atoms with E-state index in [4.69, 9.17) is 4.74 Å². The third kappa shape index (κ3) is 6.56. The number of allylic oxidation sites excluding steroid dienone is 1. The maximum atomic E-state index is 11.3. The molecule has 0 saturated heterocycles. The zero-order chi connectivity index (χ0) is 12.3. The number of benzene rings is 1. The van der Waals surface area contributed by atoms with Crippen molar-refractivity contribution in [3.63, 3.8) is 0 Å². The lowest BCUT2D eigenvalue weighted by molar-refractivity contribution is -0.137. The van der Waals surface area contributed by atoms with E-state index in [0.29, 0.717) is 6.61 Å². The summed E-state index contributed by atoms with van der Waals surface area (Å²) in [6, 6.07) is 10.0. The molecule has 92 valence electrons. The van der Waals surface area contributed by atoms with E-state index in [0.717, 1.165) is 25.7 Å². The summed E-state index contributed by atoms with van der Waals surface area (Å²) in [5.41, 5.74) is 1.19. The Morgan fingerprint density at radius 2 is 2.06 bits per heavy atom. The summed E-state index contributed by atoms with van der Waals surface area (Å²) in [7, 11) is 0. The van der Waals surface area contributed by atoms with Crippen molar-refractivity contribution in [3.05, 3.63) is 48.0 Å². The summed E-state index contributed by atoms with van der Waals surface area (Å²) in [5.74, 6) is -0.239. The van der Waals surface area contributed by atoms with Gasteiger partial charge in [-0.2, -0.15) is 0 Å². The van der Waals surface area contributed by atoms with Gasteiger partial charge in [-0.1, -0.05) is 56.2 Å². The predicted molar refractivity (Wildman–Crippen MR) is 69.8 cm³/mol. The lowest BCUT2D eigenvalue weighted by Gasteiger charge is -2.01. The summed E-state index contributed by atoms with van der Waals surface area (Å²) in [5, 5.41) is 0. The molecule has 0 bridgehead atoms. The molecule has 17 heavy (non-hydrogen) atoms. The van der Waals surface area contributed by atoms with Gasteiger partial charge < -0.3 is 4.74 Å². The molecule has 0 unspecified atom stereocenters. The molecule has 2 heteroatoms. The van der Waals surface area contributed by atoms with Crippen molar-refractivity contribution >= 4 is 5.97 Å². The highest BCUT2D eigenvalue weighted by Gasteiger charge is 1.97. The van der Waals surface area contributed by atoms with E-state index >= 15 is 0 Å². The van der Waals surface area contributed by atoms with E-state index in [1.54, 1.807) is 0 Å². The molecule has 0 spiro atoms. The molecule has 0 amide bonds. The molecule has 0 heterocycles. The number of unbranched alkanes of at least 4 members (excludes halogenated alkanes) is 2. The topological polar surface area (TPSA) is 26.3 Å². The van der Waals surface area contributed by atoms with Gasteiger partial charge in [0, 0.05) is 12.5 Å². The molecule has 0 radical (unpaired) electrons. The van der Waals surface area contributed by atoms with Gasteiger partial charge in [0.25, 0.3) is 0 Å². The predicted octanol–water partition coefficient (Wildman–Crippen LogP) is 3.52. The van der Waals surface area contributed by atoms with Gasteiger partial charge in [0.1, 0.15) is 0 Å². The van der Waals surface area contributed by atoms with Crippen LogP contribution in [0.1, 0.15) is 31.7 Å². The number of carbonyl (C=O) groups is 1. The Kier molecular flexibility index (Phi) is 6.80. The molecule has 0 aliphatic heterocycles. The van der Waals surface area contributed by atoms with Crippen molar-refractivity contribution in [1.29, 1.82) is 0 Å². The van der Waals surface area contributed by atoms with Crippen LogP contribution in [0.2, 0.25) is 0 Å². The minimum Gasteiger partial charge on any atom is -0.462 e. The van der Waals surface area contributed by atoms with Crippen LogP contribution in [-0.4, -0.2) is 12.6 Å². The minimum absolute atomic E-state index is 0.239. The van der Waals surface area contributed by atoms with Crippen LogP contribution in [0, 0.1) is 0 Å². The Morgan fingerprint density at radius 3 is 2.76 bits per heavy atom. The van der Waals surface area contributed by atoms with Gasteiger partial charge in [0.15, 0.2) is 0 Å². The summed E-state index contributed by atoms with van der Waals surface area (Å²) in [6.45, 7) is 2.58. The zero-order valence-electron chi connectivity index (χ0n) is 10.4. The fourth-order valence-electron chi connectivity index (χ4n) is 1.46. The monoisotopic (exact) mass is 232 g/mol. The van der Waals surface area contributed by atoms with E-state index in [1.165, 1.54) is 11.6 Å². The first-order valence-corrected chi connectivity index (χ1v) is 6.20. The van der Waals surface area contributed by atoms with Crippen LogP contribution in [0.25, 0.3) is 0 Å². The number of esters is 1. The number of ether oxygens (including phenoxy) is 1. The van der Waals surface area contributed by atoms with Gasteiger partial charge in [-0.25, -0.2) is 4.79 Å². The number of hydrogen-bond donors (Lipinski definition) is 0. The van der Waals surface area contributed by atoms with Gasteiger partial charge >= 0.3 is 5.97 Å². The quantitative estimate of drug-likeness (QED) is 0.408. The molecule has 0 aliphatic carbocycles. The second kappa shape index (κ2) is 8.57. The standard InChI is InChI=1S/C15H20O2/c1-2-3-4-8-11-15(16)17-13-12-14-9-6-5-7-10-14/h5-11H,2-4,12-13H2,1H3/b11-8+. The number of carbonyl (C=O) groups excluding carboxylic acids is 1. The molecule has 1 aromatic rings. The fourth-order valence-corrected chi connectivity index (χ4v) is 1.46. The molecule has 1 aromatic carbocycles. The van der Waals surface area contributed by atoms with Crippen molar-refractivity contribution in [2.24, 2.45) is 0 Å². The second-order valence-electron chi connectivity index (χ2n) is 3.95. The van der Waals surface area contributed by atoms with Crippen LogP contribution < -0.4 is 0 Å². The highest BCUT2D eigenvalue weighted by molar-refractivity contribution is 5.81. The largest absolute Gasteiger partial charge is 0.462 e. The van der Waals surface area contributed by atoms with Crippen LogP contribution in [0.3, 0.4) is 0 Å². The van der Waals surface area contributed by atoms with Crippen LogP contribution in [0.4, 0.5) is 0 Å². The molecule has 0 atom stereocenters. The molecule has 0 fully saturated rings. The van der Waals surface area contributed by atoms with E-state index in [-0.39, 0.29) is 5.97 Å². The van der Waals surface area contributed by atoms with Crippen LogP contribution >= 0.6 is 0 Å². The Morgan fingerprint density at radius 1 is 1.29 bits per heavy atom. The molecule has 0 saturated carbocycles. The minimum atomic E-state index is -0.239. The molecule has 2 nitrogen and oxygen atoms in total. The molecular formula is C15H20O2. The maximum Gasteiger partial charge on any atom is 0.330 e. The van der Waals surface area contributed by atoms with E-state index < -0.39 is 0 Å². The lowest BCUT2D eigenvalue weighted by Crippen LogP contribution is -2.04. The fraction of sp³-hybridized carbons (Fsp3) is 0.400. The van der Waals surface area contributed by atoms with E-state index in [1.807, 2.05) is 36.4 Å². The highest BCUT2D eigenvalue weighted by Crippen LogP contribution is 2.00. The van der Waals surface area contributed by atoms with Gasteiger partial charge in [0.05, 0.1) is 6.61 Å². The summed E-state index contributed by atoms with van der Waals surface area (Å²) in [6.07, 6.45) is 7.40. The Balaban J connectivity index is 2.14. The smallest absolute Gasteiger partial charge is 0.330 e. The lowest BCUT2D eigenvalue weighted by atomic mass is 10.2. The van der Waals surface area contributed by atoms with Gasteiger partial charge in [0.2, 0.25) is 0 Å². The Labute approximate surface area is 103 Å². The second-order valence-corrected chi connectivity index (χ2v) is 3.95. The molecule has 0 N–H and O–H groups in total. The van der Waals surface area contributed by atoms with Crippen LogP contribution in [-0.2, 0) is 16.0 Å². The van der Waals surface area contributed by atoms with Gasteiger partial charge in [-0.3, -0.25) is 0 Å². The number of hydrogen-bond acceptors (Lipinski definition) is 2. The molecular weight excluding hydrogens is 212 g/mol. The number of rotatable bonds is 7. The normalized spacial score (nSPS) is 10.6. The molecule has 0 aliphatic rings. The van der Waals surface area contributed by atoms with E-state index in [2.05, 4.69) is 6.92 Å². The summed E-state index contributed by atoms with van der Waals surface area (Å²) >= 11 is 0. The summed E-state index contributed by atoms with van der Waals surface area (Å²) in [4.78, 5) is 11.3. The average Bonchev–Trinajstić information content (AvgIpc) is 2.36. The van der Waals surface area contributed by atoms with Crippen molar-refractivity contribution < 1.29 is 9.53 Å². The van der Waals surface area contributed by atoms with E-state index in [9.17, 15) is 4.79 Å². The molecule has 1 rings (SSSR count). The molecule has 0 aromatic heterocycles. The Hall–Kier alpha value is -1.57. The first-order valence-electron chi connectivity index (χ1n) is 6.20. The van der Waals surface area contributed by atoms with Crippen molar-refractivity contribution in [1.82, 2.24) is 0 Å². The SMILES string of the molecule is CCCC/C=C/C(=O)OCCc1ccccc1. The van der Waals surface area contributed by atoms with Crippen LogP contribution in [0.15, 0.2) is 42.5 Å².